The first-order valence-corrected chi connectivity index (χ1v) is 8.81. The van der Waals surface area contributed by atoms with Crippen LogP contribution in [0.2, 0.25) is 0 Å². The zero-order valence-corrected chi connectivity index (χ0v) is 15.6. The predicted octanol–water partition coefficient (Wildman–Crippen LogP) is -0.150. The van der Waals surface area contributed by atoms with E-state index < -0.39 is 12.2 Å². The van der Waals surface area contributed by atoms with Crippen LogP contribution in [0, 0.1) is 5.92 Å². The molecule has 0 aromatic carbocycles. The van der Waals surface area contributed by atoms with Gasteiger partial charge in [0.15, 0.2) is 0 Å². The summed E-state index contributed by atoms with van der Waals surface area (Å²) < 4.78 is 22.1. The highest BCUT2D eigenvalue weighted by molar-refractivity contribution is 5.81. The van der Waals surface area contributed by atoms with Gasteiger partial charge in [-0.15, -0.1) is 0 Å². The summed E-state index contributed by atoms with van der Waals surface area (Å²) in [6.07, 6.45) is -1.61. The van der Waals surface area contributed by atoms with Crippen molar-refractivity contribution >= 4 is 11.8 Å². The van der Waals surface area contributed by atoms with Crippen LogP contribution < -0.4 is 10.6 Å². The Hall–Kier alpha value is -1.22. The standard InChI is InChI=1S/C17H30N2O6/c1-9(2)6-23-11(4)17(21)19-13-8-25-14-12(7-24-15(13)14)18-16(20)10(3)22-5/h9-15H,6-8H2,1-5H3,(H,18,20)(H,19,21)/t10-,11?,12-,13-,14+,15+/m0/s1. The topological polar surface area (TPSA) is 95.1 Å². The van der Waals surface area contributed by atoms with Crippen molar-refractivity contribution in [3.63, 3.8) is 0 Å². The number of carbonyl (C=O) groups is 2. The van der Waals surface area contributed by atoms with Crippen molar-refractivity contribution in [2.45, 2.75) is 64.2 Å². The maximum Gasteiger partial charge on any atom is 0.249 e. The lowest BCUT2D eigenvalue weighted by Crippen LogP contribution is -2.50. The minimum absolute atomic E-state index is 0.181. The van der Waals surface area contributed by atoms with Gasteiger partial charge in [-0.3, -0.25) is 9.59 Å². The highest BCUT2D eigenvalue weighted by atomic mass is 16.6. The summed E-state index contributed by atoms with van der Waals surface area (Å²) in [5.41, 5.74) is 0. The van der Waals surface area contributed by atoms with E-state index in [1.807, 2.05) is 13.8 Å². The van der Waals surface area contributed by atoms with Crippen LogP contribution >= 0.6 is 0 Å². The minimum Gasteiger partial charge on any atom is -0.372 e. The number of carbonyl (C=O) groups excluding carboxylic acids is 2. The van der Waals surface area contributed by atoms with Gasteiger partial charge in [-0.25, -0.2) is 0 Å². The Labute approximate surface area is 148 Å². The largest absolute Gasteiger partial charge is 0.372 e. The average molecular weight is 358 g/mol. The van der Waals surface area contributed by atoms with Gasteiger partial charge in [0, 0.05) is 13.7 Å². The van der Waals surface area contributed by atoms with Gasteiger partial charge in [0.2, 0.25) is 11.8 Å². The molecule has 0 aromatic heterocycles. The number of hydrogen-bond donors (Lipinski definition) is 2. The molecule has 2 N–H and O–H groups in total. The lowest BCUT2D eigenvalue weighted by atomic mass is 10.1. The van der Waals surface area contributed by atoms with Crippen LogP contribution in [0.1, 0.15) is 27.7 Å². The molecule has 0 spiro atoms. The first-order chi connectivity index (χ1) is 11.8. The molecule has 2 aliphatic heterocycles. The van der Waals surface area contributed by atoms with E-state index in [0.29, 0.717) is 25.7 Å². The van der Waals surface area contributed by atoms with Crippen LogP contribution in [0.4, 0.5) is 0 Å². The van der Waals surface area contributed by atoms with Crippen LogP contribution in [0.3, 0.4) is 0 Å². The maximum atomic E-state index is 12.3. The summed E-state index contributed by atoms with van der Waals surface area (Å²) in [7, 11) is 1.48. The summed E-state index contributed by atoms with van der Waals surface area (Å²) in [6.45, 7) is 8.71. The SMILES string of the molecule is CO[C@@H](C)C(=O)N[C@H]1CO[C@H]2[C@@H]1OC[C@@H]2NC(=O)C(C)OCC(C)C. The van der Waals surface area contributed by atoms with E-state index in [-0.39, 0.29) is 36.1 Å². The van der Waals surface area contributed by atoms with Crippen molar-refractivity contribution in [1.29, 1.82) is 0 Å². The molecule has 2 rings (SSSR count). The Kier molecular flexibility index (Phi) is 7.18. The van der Waals surface area contributed by atoms with Crippen molar-refractivity contribution in [2.24, 2.45) is 5.92 Å². The fraction of sp³-hybridized carbons (Fsp3) is 0.882. The number of methoxy groups -OCH3 is 1. The molecule has 2 fully saturated rings. The van der Waals surface area contributed by atoms with Gasteiger partial charge >= 0.3 is 0 Å². The Bertz CT molecular complexity index is 472. The highest BCUT2D eigenvalue weighted by Crippen LogP contribution is 2.27. The third kappa shape index (κ3) is 5.13. The highest BCUT2D eigenvalue weighted by Gasteiger charge is 2.49. The minimum atomic E-state index is -0.532. The molecule has 2 aliphatic rings. The van der Waals surface area contributed by atoms with Gasteiger partial charge in [-0.2, -0.15) is 0 Å². The summed E-state index contributed by atoms with van der Waals surface area (Å²) in [6, 6.07) is -0.490. The number of fused-ring (bicyclic) bond motifs is 1. The molecule has 25 heavy (non-hydrogen) atoms. The molecule has 0 saturated carbocycles. The molecule has 144 valence electrons. The molecular weight excluding hydrogens is 328 g/mol. The van der Waals surface area contributed by atoms with Crippen LogP contribution in [0.25, 0.3) is 0 Å². The number of nitrogens with one attached hydrogen (secondary N) is 2. The van der Waals surface area contributed by atoms with Crippen molar-refractivity contribution < 1.29 is 28.5 Å². The monoisotopic (exact) mass is 358 g/mol. The van der Waals surface area contributed by atoms with E-state index in [1.165, 1.54) is 7.11 Å². The van der Waals surface area contributed by atoms with Crippen LogP contribution in [-0.2, 0) is 28.5 Å². The summed E-state index contributed by atoms with van der Waals surface area (Å²) in [4.78, 5) is 24.2. The van der Waals surface area contributed by atoms with E-state index in [9.17, 15) is 9.59 Å². The second-order valence-electron chi connectivity index (χ2n) is 7.07. The molecule has 8 nitrogen and oxygen atoms in total. The number of amides is 2. The number of ether oxygens (including phenoxy) is 4. The van der Waals surface area contributed by atoms with Gasteiger partial charge in [0.25, 0.3) is 0 Å². The molecule has 0 aliphatic carbocycles. The van der Waals surface area contributed by atoms with Gasteiger partial charge in [-0.05, 0) is 19.8 Å². The molecule has 2 amide bonds. The van der Waals surface area contributed by atoms with Gasteiger partial charge in [0.1, 0.15) is 24.4 Å². The zero-order chi connectivity index (χ0) is 18.6. The van der Waals surface area contributed by atoms with E-state index in [1.54, 1.807) is 13.8 Å². The lowest BCUT2D eigenvalue weighted by molar-refractivity contribution is -0.133. The first kappa shape index (κ1) is 20.1. The molecule has 0 bridgehead atoms. The van der Waals surface area contributed by atoms with E-state index >= 15 is 0 Å². The van der Waals surface area contributed by atoms with Crippen molar-refractivity contribution in [1.82, 2.24) is 10.6 Å². The molecule has 6 atom stereocenters. The molecule has 0 aromatic rings. The predicted molar refractivity (Wildman–Crippen MR) is 90.1 cm³/mol. The average Bonchev–Trinajstić information content (AvgIpc) is 3.15. The van der Waals surface area contributed by atoms with E-state index in [2.05, 4.69) is 10.6 Å². The van der Waals surface area contributed by atoms with Crippen molar-refractivity contribution in [3.8, 4) is 0 Å². The second-order valence-corrected chi connectivity index (χ2v) is 7.07. The summed E-state index contributed by atoms with van der Waals surface area (Å²) in [5.74, 6) is -0.0194. The maximum absolute atomic E-state index is 12.3. The van der Waals surface area contributed by atoms with E-state index in [0.717, 1.165) is 0 Å². The van der Waals surface area contributed by atoms with Gasteiger partial charge < -0.3 is 29.6 Å². The molecule has 8 heteroatoms. The number of hydrogen-bond acceptors (Lipinski definition) is 6. The van der Waals surface area contributed by atoms with Gasteiger partial charge in [-0.1, -0.05) is 13.8 Å². The van der Waals surface area contributed by atoms with Crippen LogP contribution in [0.15, 0.2) is 0 Å². The molecular formula is C17H30N2O6. The summed E-state index contributed by atoms with van der Waals surface area (Å²) >= 11 is 0. The second kappa shape index (κ2) is 8.93. The molecule has 1 unspecified atom stereocenters. The Balaban J connectivity index is 1.83. The Morgan fingerprint density at radius 1 is 0.960 bits per heavy atom. The van der Waals surface area contributed by atoms with E-state index in [4.69, 9.17) is 18.9 Å². The number of rotatable bonds is 8. The zero-order valence-electron chi connectivity index (χ0n) is 15.6. The van der Waals surface area contributed by atoms with Gasteiger partial charge in [0.05, 0.1) is 25.3 Å². The fourth-order valence-corrected chi connectivity index (χ4v) is 2.87. The smallest absolute Gasteiger partial charge is 0.249 e. The third-order valence-electron chi connectivity index (χ3n) is 4.48. The third-order valence-corrected chi connectivity index (χ3v) is 4.48. The molecule has 0 radical (unpaired) electrons. The van der Waals surface area contributed by atoms with Crippen molar-refractivity contribution in [3.05, 3.63) is 0 Å². The van der Waals surface area contributed by atoms with Crippen LogP contribution in [0.5, 0.6) is 0 Å². The molecule has 2 heterocycles. The normalized spacial score (nSPS) is 30.8. The Morgan fingerprint density at radius 3 is 1.88 bits per heavy atom. The lowest BCUT2D eigenvalue weighted by Gasteiger charge is -2.21. The summed E-state index contributed by atoms with van der Waals surface area (Å²) in [5, 5.41) is 5.81. The first-order valence-electron chi connectivity index (χ1n) is 8.81. The molecule has 2 saturated heterocycles. The van der Waals surface area contributed by atoms with Crippen molar-refractivity contribution in [2.75, 3.05) is 26.9 Å². The Morgan fingerprint density at radius 2 is 1.44 bits per heavy atom. The van der Waals surface area contributed by atoms with Crippen LogP contribution in [-0.4, -0.2) is 75.2 Å². The fourth-order valence-electron chi connectivity index (χ4n) is 2.87. The quantitative estimate of drug-likeness (QED) is 0.627.